The second-order valence-electron chi connectivity index (χ2n) is 7.42. The maximum absolute atomic E-state index is 13.8. The number of aromatic nitrogens is 5. The summed E-state index contributed by atoms with van der Waals surface area (Å²) in [6.07, 6.45) is 1.48. The Morgan fingerprint density at radius 1 is 1.22 bits per heavy atom. The number of pyridine rings is 1. The Hall–Kier alpha value is -3.96. The summed E-state index contributed by atoms with van der Waals surface area (Å²) in [5.41, 5.74) is 2.10. The van der Waals surface area contributed by atoms with Gasteiger partial charge in [-0.1, -0.05) is 0 Å². The summed E-state index contributed by atoms with van der Waals surface area (Å²) in [7, 11) is 0. The molecule has 3 N–H and O–H groups in total. The Labute approximate surface area is 181 Å². The molecular formula is C20H20F2N8O2. The molecule has 0 spiro atoms. The Morgan fingerprint density at radius 2 is 2.00 bits per heavy atom. The normalized spacial score (nSPS) is 13.3. The van der Waals surface area contributed by atoms with Gasteiger partial charge in [-0.3, -0.25) is 14.3 Å². The fourth-order valence-electron chi connectivity index (χ4n) is 3.25. The van der Waals surface area contributed by atoms with Crippen LogP contribution >= 0.6 is 0 Å². The van der Waals surface area contributed by atoms with E-state index in [0.29, 0.717) is 41.4 Å². The third-order valence-corrected chi connectivity index (χ3v) is 4.62. The maximum atomic E-state index is 13.8. The summed E-state index contributed by atoms with van der Waals surface area (Å²) in [4.78, 5) is 35.5. The number of alkyl halides is 2. The molecule has 0 aromatic carbocycles. The Morgan fingerprint density at radius 3 is 2.69 bits per heavy atom. The minimum Gasteiger partial charge on any atom is -0.349 e. The average Bonchev–Trinajstić information content (AvgIpc) is 3.12. The largest absolute Gasteiger partial charge is 0.349 e. The zero-order valence-corrected chi connectivity index (χ0v) is 17.5. The van der Waals surface area contributed by atoms with Gasteiger partial charge in [-0.05, 0) is 13.0 Å². The highest BCUT2D eigenvalue weighted by Gasteiger charge is 2.29. The third-order valence-electron chi connectivity index (χ3n) is 4.62. The van der Waals surface area contributed by atoms with Crippen LogP contribution in [0.2, 0.25) is 0 Å². The monoisotopic (exact) mass is 442 g/mol. The predicted octanol–water partition coefficient (Wildman–Crippen LogP) is 2.60. The number of aryl methyl sites for hydroxylation is 1. The number of hydrogen-bond acceptors (Lipinski definition) is 7. The van der Waals surface area contributed by atoms with Crippen LogP contribution in [-0.4, -0.2) is 43.1 Å². The van der Waals surface area contributed by atoms with Crippen LogP contribution in [0.3, 0.4) is 0 Å². The zero-order valence-electron chi connectivity index (χ0n) is 17.5. The fourth-order valence-corrected chi connectivity index (χ4v) is 3.25. The van der Waals surface area contributed by atoms with Crippen LogP contribution in [-0.2, 0) is 17.3 Å². The number of nitrogens with one attached hydrogen (secondary N) is 3. The summed E-state index contributed by atoms with van der Waals surface area (Å²) < 4.78 is 29.2. The molecule has 0 aliphatic carbocycles. The number of rotatable bonds is 5. The lowest BCUT2D eigenvalue weighted by Crippen LogP contribution is -2.35. The first-order valence-electron chi connectivity index (χ1n) is 9.75. The van der Waals surface area contributed by atoms with Crippen LogP contribution in [0.5, 0.6) is 0 Å². The summed E-state index contributed by atoms with van der Waals surface area (Å²) in [5.74, 6) is -4.02. The summed E-state index contributed by atoms with van der Waals surface area (Å²) in [6.45, 7) is 4.63. The quantitative estimate of drug-likeness (QED) is 0.554. The number of amides is 2. The van der Waals surface area contributed by atoms with Crippen molar-refractivity contribution in [2.24, 2.45) is 0 Å². The molecule has 10 nitrogen and oxygen atoms in total. The van der Waals surface area contributed by atoms with Gasteiger partial charge in [0.25, 0.3) is 5.91 Å². The molecule has 1 aliphatic heterocycles. The Kier molecular flexibility index (Phi) is 5.28. The first-order chi connectivity index (χ1) is 15.1. The number of hydrogen-bond donors (Lipinski definition) is 3. The molecule has 0 saturated heterocycles. The second kappa shape index (κ2) is 7.94. The molecule has 0 fully saturated rings. The van der Waals surface area contributed by atoms with Crippen molar-refractivity contribution in [3.05, 3.63) is 41.6 Å². The number of fused-ring (bicyclic) bond motifs is 1. The molecule has 0 bridgehead atoms. The maximum Gasteiger partial charge on any atom is 0.303 e. The standard InChI is InChI=1S/C20H20F2N8O2/c1-10-6-17(28-19(25-10)20(3,21)22)27-13-8-16(26-11(2)31)24-9-12(13)14-7-15-18(32)23-4-5-30(15)29-14/h6-9H,4-5H2,1-3H3,(H,23,32)(H2,24,25,26,27,28,31). The number of carbonyl (C=O) groups excluding carboxylic acids is 2. The van der Waals surface area contributed by atoms with Gasteiger partial charge in [0.15, 0.2) is 0 Å². The van der Waals surface area contributed by atoms with Gasteiger partial charge in [0, 0.05) is 50.0 Å². The number of carbonyl (C=O) groups is 2. The lowest BCUT2D eigenvalue weighted by atomic mass is 10.1. The van der Waals surface area contributed by atoms with Crippen LogP contribution in [0.25, 0.3) is 11.3 Å². The fraction of sp³-hybridized carbons (Fsp3) is 0.300. The van der Waals surface area contributed by atoms with E-state index < -0.39 is 11.7 Å². The van der Waals surface area contributed by atoms with Crippen molar-refractivity contribution in [1.29, 1.82) is 0 Å². The van der Waals surface area contributed by atoms with Gasteiger partial charge in [-0.2, -0.15) is 13.9 Å². The summed E-state index contributed by atoms with van der Waals surface area (Å²) >= 11 is 0. The Bertz CT molecular complexity index is 1220. The van der Waals surface area contributed by atoms with Crippen molar-refractivity contribution in [1.82, 2.24) is 30.0 Å². The first-order valence-corrected chi connectivity index (χ1v) is 9.75. The van der Waals surface area contributed by atoms with Crippen LogP contribution in [0.4, 0.5) is 26.1 Å². The molecule has 0 saturated carbocycles. The smallest absolute Gasteiger partial charge is 0.303 e. The molecule has 0 unspecified atom stereocenters. The van der Waals surface area contributed by atoms with Crippen molar-refractivity contribution in [2.45, 2.75) is 33.2 Å². The number of anilines is 3. The Balaban J connectivity index is 1.79. The second-order valence-corrected chi connectivity index (χ2v) is 7.42. The van der Waals surface area contributed by atoms with Gasteiger partial charge in [0.2, 0.25) is 11.7 Å². The van der Waals surface area contributed by atoms with Crippen molar-refractivity contribution < 1.29 is 18.4 Å². The molecule has 3 aromatic heterocycles. The summed E-state index contributed by atoms with van der Waals surface area (Å²) in [6, 6.07) is 4.67. The minimum atomic E-state index is -3.22. The third kappa shape index (κ3) is 4.38. The van der Waals surface area contributed by atoms with E-state index in [0.717, 1.165) is 6.92 Å². The predicted molar refractivity (Wildman–Crippen MR) is 112 cm³/mol. The van der Waals surface area contributed by atoms with Crippen molar-refractivity contribution in [3.8, 4) is 11.3 Å². The van der Waals surface area contributed by atoms with E-state index in [1.54, 1.807) is 17.7 Å². The molecule has 4 rings (SSSR count). The summed E-state index contributed by atoms with van der Waals surface area (Å²) in [5, 5.41) is 12.8. The van der Waals surface area contributed by atoms with E-state index in [1.165, 1.54) is 25.3 Å². The van der Waals surface area contributed by atoms with Crippen LogP contribution in [0.15, 0.2) is 24.4 Å². The van der Waals surface area contributed by atoms with E-state index in [2.05, 4.69) is 36.0 Å². The van der Waals surface area contributed by atoms with E-state index in [4.69, 9.17) is 0 Å². The number of halogens is 2. The minimum absolute atomic E-state index is 0.136. The zero-order chi connectivity index (χ0) is 23.0. The van der Waals surface area contributed by atoms with E-state index in [9.17, 15) is 18.4 Å². The molecule has 32 heavy (non-hydrogen) atoms. The van der Waals surface area contributed by atoms with Crippen molar-refractivity contribution in [3.63, 3.8) is 0 Å². The first kappa shape index (κ1) is 21.3. The number of nitrogens with zero attached hydrogens (tertiary/aromatic N) is 5. The highest BCUT2D eigenvalue weighted by molar-refractivity contribution is 5.95. The lowest BCUT2D eigenvalue weighted by Gasteiger charge is -2.15. The van der Waals surface area contributed by atoms with Gasteiger partial charge in [-0.25, -0.2) is 15.0 Å². The van der Waals surface area contributed by atoms with E-state index in [1.807, 2.05) is 0 Å². The van der Waals surface area contributed by atoms with Crippen LogP contribution < -0.4 is 16.0 Å². The van der Waals surface area contributed by atoms with Gasteiger partial charge in [-0.15, -0.1) is 0 Å². The van der Waals surface area contributed by atoms with E-state index >= 15 is 0 Å². The molecule has 0 radical (unpaired) electrons. The molecule has 2 amide bonds. The highest BCUT2D eigenvalue weighted by atomic mass is 19.3. The molecule has 4 heterocycles. The topological polar surface area (TPSA) is 127 Å². The molecular weight excluding hydrogens is 422 g/mol. The van der Waals surface area contributed by atoms with Crippen LogP contribution in [0.1, 0.15) is 35.9 Å². The van der Waals surface area contributed by atoms with E-state index in [-0.39, 0.29) is 23.5 Å². The molecule has 1 aliphatic rings. The lowest BCUT2D eigenvalue weighted by molar-refractivity contribution is -0.114. The SMILES string of the molecule is CC(=O)Nc1cc(Nc2cc(C)nc(C(C)(F)F)n2)c(-c2cc3n(n2)CCNC3=O)cn1. The van der Waals surface area contributed by atoms with Gasteiger partial charge < -0.3 is 16.0 Å². The van der Waals surface area contributed by atoms with Gasteiger partial charge >= 0.3 is 5.92 Å². The van der Waals surface area contributed by atoms with Gasteiger partial charge in [0.1, 0.15) is 17.3 Å². The average molecular weight is 442 g/mol. The highest BCUT2D eigenvalue weighted by Crippen LogP contribution is 2.32. The van der Waals surface area contributed by atoms with Gasteiger partial charge in [0.05, 0.1) is 17.9 Å². The molecule has 0 atom stereocenters. The molecule has 3 aromatic rings. The molecule has 12 heteroatoms. The van der Waals surface area contributed by atoms with Crippen molar-refractivity contribution in [2.75, 3.05) is 17.2 Å². The van der Waals surface area contributed by atoms with Crippen molar-refractivity contribution >= 4 is 29.1 Å². The molecule has 166 valence electrons. The van der Waals surface area contributed by atoms with Crippen LogP contribution in [0, 0.1) is 6.92 Å².